The van der Waals surface area contributed by atoms with Gasteiger partial charge in [0, 0.05) is 27.1 Å². The number of hydrogen-bond acceptors (Lipinski definition) is 7. The molecule has 1 aromatic heterocycles. The first kappa shape index (κ1) is 12.7. The number of benzene rings is 2. The molecule has 0 aliphatic carbocycles. The molecule has 2 heterocycles. The molecule has 34 heavy (non-hydrogen) atoms. The smallest absolute Gasteiger partial charge is 0.475 e. The minimum absolute atomic E-state index is 0.0149. The third-order valence-electron chi connectivity index (χ3n) is 5.18. The molecule has 1 atom stereocenters. The summed E-state index contributed by atoms with van der Waals surface area (Å²) >= 11 is 0.583. The van der Waals surface area contributed by atoms with Gasteiger partial charge in [-0.1, -0.05) is 62.4 Å². The molecule has 0 saturated carbocycles. The van der Waals surface area contributed by atoms with Crippen molar-refractivity contribution in [2.45, 2.75) is 38.8 Å². The number of aromatic nitrogens is 2. The zero-order valence-electron chi connectivity index (χ0n) is 31.3. The summed E-state index contributed by atoms with van der Waals surface area (Å²) in [5.74, 6) is -0.248. The first-order valence-corrected chi connectivity index (χ1v) is 11.1. The summed E-state index contributed by atoms with van der Waals surface area (Å²) in [7, 11) is 1.78. The van der Waals surface area contributed by atoms with E-state index >= 15 is 0 Å². The molecule has 0 amide bonds. The van der Waals surface area contributed by atoms with Gasteiger partial charge in [0.25, 0.3) is 5.88 Å². The highest BCUT2D eigenvalue weighted by atomic mass is 32.1. The standard InChI is InChI=1S/C26H32N3O4S/c1-3-4-5-8-16-31-25-24(27-34-28-25)22-12-9-15-29(2,18-22)19-32-26(30)33-23-14-13-20-10-6-7-11-21(20)17-23/h6-7,10-14,17H,3-5,8-9,15-16,18-19H2,1-2H3/q+1/i1D3,3D2,4D2,5D2,8D2,16D2. The van der Waals surface area contributed by atoms with Crippen molar-refractivity contribution in [3.8, 4) is 11.6 Å². The second kappa shape index (κ2) is 11.4. The van der Waals surface area contributed by atoms with Gasteiger partial charge in [-0.15, -0.1) is 4.37 Å². The number of fused-ring (bicyclic) bond motifs is 1. The molecule has 180 valence electrons. The van der Waals surface area contributed by atoms with Crippen molar-refractivity contribution in [3.05, 3.63) is 54.2 Å². The number of rotatable bonds is 10. The van der Waals surface area contributed by atoms with E-state index in [-0.39, 0.29) is 23.5 Å². The summed E-state index contributed by atoms with van der Waals surface area (Å²) in [6.45, 7) is -6.85. The summed E-state index contributed by atoms with van der Waals surface area (Å²) in [5.41, 5.74) is 0.446. The molecule has 0 N–H and O–H groups in total. The van der Waals surface area contributed by atoms with Crippen LogP contribution in [0, 0.1) is 0 Å². The second-order valence-corrected chi connectivity index (χ2v) is 8.30. The van der Waals surface area contributed by atoms with Crippen LogP contribution in [0.2, 0.25) is 0 Å². The monoisotopic (exact) mass is 495 g/mol. The average molecular weight is 496 g/mol. The number of hydrogen-bond donors (Lipinski definition) is 0. The molecule has 0 spiro atoms. The van der Waals surface area contributed by atoms with Gasteiger partial charge in [0.05, 0.1) is 34.6 Å². The van der Waals surface area contributed by atoms with Crippen molar-refractivity contribution in [2.75, 3.05) is 33.4 Å². The van der Waals surface area contributed by atoms with Gasteiger partial charge in [0.2, 0.25) is 6.73 Å². The van der Waals surface area contributed by atoms with Gasteiger partial charge in [0.1, 0.15) is 18.0 Å². The lowest BCUT2D eigenvalue weighted by atomic mass is 10.1. The fourth-order valence-electron chi connectivity index (χ4n) is 3.56. The Morgan fingerprint density at radius 1 is 1.18 bits per heavy atom. The highest BCUT2D eigenvalue weighted by molar-refractivity contribution is 6.99. The number of ether oxygens (including phenoxy) is 3. The van der Waals surface area contributed by atoms with Gasteiger partial charge in [-0.2, -0.15) is 4.37 Å². The Morgan fingerprint density at radius 3 is 2.94 bits per heavy atom. The molecule has 0 fully saturated rings. The van der Waals surface area contributed by atoms with E-state index in [2.05, 4.69) is 8.75 Å². The number of nitrogens with zero attached hydrogens (tertiary/aromatic N) is 3. The summed E-state index contributed by atoms with van der Waals surface area (Å²) in [4.78, 5) is 12.5. The Hall–Kier alpha value is -2.97. The lowest BCUT2D eigenvalue weighted by Gasteiger charge is -2.36. The Kier molecular flexibility index (Phi) is 4.26. The molecule has 0 bridgehead atoms. The molecule has 1 aliphatic heterocycles. The maximum Gasteiger partial charge on any atom is 0.518 e. The maximum atomic E-state index is 12.5. The fraction of sp³-hybridized carbons (Fsp3) is 0.423. The largest absolute Gasteiger partial charge is 0.518 e. The first-order valence-electron chi connectivity index (χ1n) is 16.8. The van der Waals surface area contributed by atoms with Crippen LogP contribution in [-0.2, 0) is 4.74 Å². The number of likely N-dealkylation sites (N-methyl/N-ethyl adjacent to an activating group) is 1. The second-order valence-electron chi connectivity index (χ2n) is 7.78. The Morgan fingerprint density at radius 2 is 2.06 bits per heavy atom. The van der Waals surface area contributed by atoms with Gasteiger partial charge >= 0.3 is 6.16 Å². The summed E-state index contributed by atoms with van der Waals surface area (Å²) in [6, 6.07) is 12.7. The highest BCUT2D eigenvalue weighted by Gasteiger charge is 2.31. The molecule has 2 aromatic carbocycles. The topological polar surface area (TPSA) is 70.5 Å². The molecule has 1 unspecified atom stereocenters. The zero-order valence-corrected chi connectivity index (χ0v) is 19.1. The van der Waals surface area contributed by atoms with Crippen LogP contribution in [0.4, 0.5) is 4.79 Å². The van der Waals surface area contributed by atoms with Crippen molar-refractivity contribution < 1.29 is 41.3 Å². The quantitative estimate of drug-likeness (QED) is 0.193. The van der Waals surface area contributed by atoms with Gasteiger partial charge in [-0.3, -0.25) is 4.48 Å². The van der Waals surface area contributed by atoms with Crippen molar-refractivity contribution >= 4 is 34.2 Å². The first-order chi connectivity index (χ1) is 21.5. The van der Waals surface area contributed by atoms with E-state index in [1.165, 1.54) is 0 Å². The SMILES string of the molecule is [2H]C([2H])([2H])C([2H])([2H])C([2H])([2H])C([2H])([2H])C([2H])([2H])C([2H])([2H])Oc1nsnc1C1=CCC[N+](C)(COC(=O)Oc2ccc3ccccc3c2)C1. The third-order valence-corrected chi connectivity index (χ3v) is 5.69. The van der Waals surface area contributed by atoms with Crippen LogP contribution in [0.3, 0.4) is 0 Å². The van der Waals surface area contributed by atoms with Crippen LogP contribution < -0.4 is 9.47 Å². The molecule has 0 saturated heterocycles. The summed E-state index contributed by atoms with van der Waals surface area (Å²) in [5, 5.41) is 1.85. The van der Waals surface area contributed by atoms with Crippen LogP contribution in [0.5, 0.6) is 11.6 Å². The van der Waals surface area contributed by atoms with E-state index in [9.17, 15) is 4.79 Å². The van der Waals surface area contributed by atoms with Crippen LogP contribution >= 0.6 is 11.7 Å². The minimum atomic E-state index is -4.08. The normalized spacial score (nSPS) is 26.0. The van der Waals surface area contributed by atoms with Gasteiger partial charge in [-0.05, 0) is 29.3 Å². The Bertz CT molecular complexity index is 1660. The predicted octanol–water partition coefficient (Wildman–Crippen LogP) is 6.06. The third kappa shape index (κ3) is 6.33. The molecular weight excluding hydrogens is 450 g/mol. The van der Waals surface area contributed by atoms with Crippen LogP contribution in [-0.4, -0.2) is 52.8 Å². The predicted molar refractivity (Wildman–Crippen MR) is 134 cm³/mol. The van der Waals surface area contributed by atoms with Crippen molar-refractivity contribution in [1.29, 1.82) is 0 Å². The lowest BCUT2D eigenvalue weighted by Crippen LogP contribution is -2.49. The van der Waals surface area contributed by atoms with E-state index in [1.807, 2.05) is 30.3 Å². The molecular formula is C26H32N3O4S+. The van der Waals surface area contributed by atoms with Crippen molar-refractivity contribution in [3.63, 3.8) is 0 Å². The van der Waals surface area contributed by atoms with E-state index in [1.54, 1.807) is 25.3 Å². The van der Waals surface area contributed by atoms with Crippen LogP contribution in [0.25, 0.3) is 16.3 Å². The Balaban J connectivity index is 1.47. The van der Waals surface area contributed by atoms with E-state index < -0.39 is 50.9 Å². The van der Waals surface area contributed by atoms with E-state index in [4.69, 9.17) is 32.0 Å². The van der Waals surface area contributed by atoms with Crippen molar-refractivity contribution in [2.24, 2.45) is 0 Å². The van der Waals surface area contributed by atoms with Crippen LogP contribution in [0.1, 0.15) is 62.3 Å². The molecule has 0 radical (unpaired) electrons. The number of quaternary nitrogens is 1. The number of carbonyl (C=O) groups excluding carboxylic acids is 1. The van der Waals surface area contributed by atoms with Gasteiger partial charge < -0.3 is 14.2 Å². The summed E-state index contributed by atoms with van der Waals surface area (Å²) in [6.07, 6.45) is -14.7. The lowest BCUT2D eigenvalue weighted by molar-refractivity contribution is -0.919. The van der Waals surface area contributed by atoms with E-state index in [0.29, 0.717) is 36.0 Å². The average Bonchev–Trinajstić information content (AvgIpc) is 3.42. The van der Waals surface area contributed by atoms with Crippen molar-refractivity contribution in [1.82, 2.24) is 8.75 Å². The summed E-state index contributed by atoms with van der Waals surface area (Å²) < 4.78 is 127. The molecule has 1 aliphatic rings. The van der Waals surface area contributed by atoms with Crippen LogP contribution in [0.15, 0.2) is 48.5 Å². The van der Waals surface area contributed by atoms with E-state index in [0.717, 1.165) is 10.8 Å². The molecule has 7 nitrogen and oxygen atoms in total. The van der Waals surface area contributed by atoms with Gasteiger partial charge in [-0.25, -0.2) is 4.79 Å². The molecule has 4 rings (SSSR count). The highest BCUT2D eigenvalue weighted by Crippen LogP contribution is 2.30. The minimum Gasteiger partial charge on any atom is -0.475 e. The Labute approximate surface area is 223 Å². The fourth-order valence-corrected chi connectivity index (χ4v) is 4.07. The van der Waals surface area contributed by atoms with Gasteiger partial charge in [0.15, 0.2) is 0 Å². The molecule has 8 heteroatoms. The number of carbonyl (C=O) groups is 1. The molecule has 3 aromatic rings. The maximum absolute atomic E-state index is 12.5. The zero-order chi connectivity index (χ0) is 35.3.